The first kappa shape index (κ1) is 22.6. The molecule has 2 saturated heterocycles. The van der Waals surface area contributed by atoms with Gasteiger partial charge in [0.25, 0.3) is 0 Å². The van der Waals surface area contributed by atoms with Crippen molar-refractivity contribution in [1.82, 2.24) is 15.1 Å². The highest BCUT2D eigenvalue weighted by Gasteiger charge is 2.41. The van der Waals surface area contributed by atoms with Crippen LogP contribution in [0.1, 0.15) is 37.8 Å². The second-order valence-electron chi connectivity index (χ2n) is 8.79. The topological polar surface area (TPSA) is 52.7 Å². The van der Waals surface area contributed by atoms with Gasteiger partial charge < -0.3 is 5.32 Å². The monoisotopic (exact) mass is 445 g/mol. The predicted octanol–water partition coefficient (Wildman–Crippen LogP) is 3.03. The zero-order chi connectivity index (χ0) is 21.8. The van der Waals surface area contributed by atoms with Gasteiger partial charge in [0.05, 0.1) is 6.04 Å². The van der Waals surface area contributed by atoms with Gasteiger partial charge >= 0.3 is 0 Å². The Morgan fingerprint density at radius 3 is 2.61 bits per heavy atom. The highest BCUT2D eigenvalue weighted by atomic mass is 32.2. The number of piperazine rings is 1. The Morgan fingerprint density at radius 2 is 1.94 bits per heavy atom. The lowest BCUT2D eigenvalue weighted by Crippen LogP contribution is -2.45. The molecule has 1 aromatic carbocycles. The molecule has 0 radical (unpaired) electrons. The van der Waals surface area contributed by atoms with E-state index in [9.17, 15) is 14.0 Å². The predicted molar refractivity (Wildman–Crippen MR) is 123 cm³/mol. The normalized spacial score (nSPS) is 25.5. The first-order valence-electron chi connectivity index (χ1n) is 11.3. The van der Waals surface area contributed by atoms with E-state index in [0.717, 1.165) is 52.0 Å². The summed E-state index contributed by atoms with van der Waals surface area (Å²) in [5.41, 5.74) is 1.67. The molecule has 2 unspecified atom stereocenters. The van der Waals surface area contributed by atoms with Crippen molar-refractivity contribution in [3.63, 3.8) is 0 Å². The lowest BCUT2D eigenvalue weighted by atomic mass is 9.93. The van der Waals surface area contributed by atoms with Gasteiger partial charge in [0, 0.05) is 69.5 Å². The molecule has 7 heteroatoms. The number of nitrogens with one attached hydrogen (secondary N) is 1. The van der Waals surface area contributed by atoms with Crippen LogP contribution in [0.2, 0.25) is 0 Å². The molecule has 1 aromatic rings. The largest absolute Gasteiger partial charge is 0.314 e. The molecule has 0 spiro atoms. The molecule has 0 amide bonds. The van der Waals surface area contributed by atoms with Gasteiger partial charge in [0.1, 0.15) is 5.82 Å². The molecule has 4 rings (SSSR count). The number of halogens is 1. The summed E-state index contributed by atoms with van der Waals surface area (Å²) >= 11 is 1.39. The SMILES string of the molecule is CC(=O)SC1CCN(C(C(=O)C2CC2)c2ccccc2F)C/C1=C/CN1CCNCC1. The van der Waals surface area contributed by atoms with Gasteiger partial charge in [-0.25, -0.2) is 4.39 Å². The summed E-state index contributed by atoms with van der Waals surface area (Å²) in [5, 5.41) is 3.62. The first-order valence-corrected chi connectivity index (χ1v) is 12.2. The van der Waals surface area contributed by atoms with Gasteiger partial charge in [-0.05, 0) is 30.9 Å². The van der Waals surface area contributed by atoms with E-state index in [-0.39, 0.29) is 27.9 Å². The van der Waals surface area contributed by atoms with Gasteiger partial charge in [0.15, 0.2) is 10.9 Å². The van der Waals surface area contributed by atoms with Gasteiger partial charge in [-0.15, -0.1) is 0 Å². The Bertz CT molecular complexity index is 836. The van der Waals surface area contributed by atoms with E-state index in [1.54, 1.807) is 19.1 Å². The van der Waals surface area contributed by atoms with Crippen molar-refractivity contribution in [2.45, 2.75) is 37.5 Å². The van der Waals surface area contributed by atoms with E-state index >= 15 is 0 Å². The lowest BCUT2D eigenvalue weighted by Gasteiger charge is -2.39. The fraction of sp³-hybridized carbons (Fsp3) is 0.583. The van der Waals surface area contributed by atoms with E-state index in [0.29, 0.717) is 18.7 Å². The third-order valence-corrected chi connectivity index (χ3v) is 7.58. The maximum Gasteiger partial charge on any atom is 0.186 e. The van der Waals surface area contributed by atoms with Crippen molar-refractivity contribution in [3.8, 4) is 0 Å². The van der Waals surface area contributed by atoms with Crippen molar-refractivity contribution in [2.75, 3.05) is 45.8 Å². The number of piperidine rings is 1. The third kappa shape index (κ3) is 5.83. The number of carbonyl (C=O) groups excluding carboxylic acids is 2. The highest BCUT2D eigenvalue weighted by Crippen LogP contribution is 2.40. The Hall–Kier alpha value is -1.54. The zero-order valence-electron chi connectivity index (χ0n) is 18.2. The molecule has 0 aromatic heterocycles. The summed E-state index contributed by atoms with van der Waals surface area (Å²) in [6.07, 6.45) is 4.86. The maximum absolute atomic E-state index is 14.7. The van der Waals surface area contributed by atoms with Crippen molar-refractivity contribution in [2.24, 2.45) is 5.92 Å². The van der Waals surface area contributed by atoms with Crippen LogP contribution in [-0.4, -0.2) is 71.8 Å². The molecular formula is C24H32FN3O2S. The van der Waals surface area contributed by atoms with E-state index in [1.807, 2.05) is 6.07 Å². The lowest BCUT2D eigenvalue weighted by molar-refractivity contribution is -0.126. The van der Waals surface area contributed by atoms with Crippen LogP contribution in [0, 0.1) is 11.7 Å². The number of carbonyl (C=O) groups is 2. The van der Waals surface area contributed by atoms with Crippen molar-refractivity contribution in [3.05, 3.63) is 47.3 Å². The fourth-order valence-electron chi connectivity index (χ4n) is 4.59. The molecule has 3 fully saturated rings. The number of likely N-dealkylation sites (tertiary alicyclic amines) is 1. The average Bonchev–Trinajstić information content (AvgIpc) is 3.61. The summed E-state index contributed by atoms with van der Waals surface area (Å²) in [7, 11) is 0. The van der Waals surface area contributed by atoms with E-state index < -0.39 is 6.04 Å². The third-order valence-electron chi connectivity index (χ3n) is 6.42. The Kier molecular flexibility index (Phi) is 7.59. The smallest absolute Gasteiger partial charge is 0.186 e. The van der Waals surface area contributed by atoms with Crippen LogP contribution >= 0.6 is 11.8 Å². The van der Waals surface area contributed by atoms with Crippen LogP contribution in [0.3, 0.4) is 0 Å². The Morgan fingerprint density at radius 1 is 1.19 bits per heavy atom. The molecule has 168 valence electrons. The van der Waals surface area contributed by atoms with E-state index in [2.05, 4.69) is 21.2 Å². The molecule has 31 heavy (non-hydrogen) atoms. The number of ketones is 1. The number of hydrogen-bond donors (Lipinski definition) is 1. The van der Waals surface area contributed by atoms with Crippen LogP contribution in [0.5, 0.6) is 0 Å². The summed E-state index contributed by atoms with van der Waals surface area (Å²) in [5.74, 6) is -0.112. The van der Waals surface area contributed by atoms with E-state index in [1.165, 1.54) is 23.4 Å². The number of Topliss-reactive ketones (excluding diaryl/α,β-unsaturated/α-hetero) is 1. The molecule has 5 nitrogen and oxygen atoms in total. The van der Waals surface area contributed by atoms with Crippen molar-refractivity contribution in [1.29, 1.82) is 0 Å². The molecule has 1 saturated carbocycles. The number of nitrogens with zero attached hydrogens (tertiary/aromatic N) is 2. The quantitative estimate of drug-likeness (QED) is 0.651. The second kappa shape index (κ2) is 10.4. The van der Waals surface area contributed by atoms with Crippen molar-refractivity contribution >= 4 is 22.7 Å². The van der Waals surface area contributed by atoms with E-state index in [4.69, 9.17) is 0 Å². The van der Waals surface area contributed by atoms with Gasteiger partial charge in [-0.3, -0.25) is 19.4 Å². The molecule has 2 heterocycles. The minimum Gasteiger partial charge on any atom is -0.314 e. The van der Waals surface area contributed by atoms with Gasteiger partial charge in [-0.2, -0.15) is 0 Å². The summed E-state index contributed by atoms with van der Waals surface area (Å²) in [6.45, 7) is 7.76. The minimum absolute atomic E-state index is 0.0576. The molecule has 3 aliphatic rings. The van der Waals surface area contributed by atoms with Crippen LogP contribution in [0.25, 0.3) is 0 Å². The number of rotatable bonds is 7. The Labute approximate surface area is 188 Å². The number of benzene rings is 1. The molecular weight excluding hydrogens is 413 g/mol. The second-order valence-corrected chi connectivity index (χ2v) is 10.2. The Balaban J connectivity index is 1.56. The molecule has 2 aliphatic heterocycles. The summed E-state index contributed by atoms with van der Waals surface area (Å²) in [4.78, 5) is 29.6. The van der Waals surface area contributed by atoms with Crippen LogP contribution < -0.4 is 5.32 Å². The fourth-order valence-corrected chi connectivity index (χ4v) is 5.54. The zero-order valence-corrected chi connectivity index (χ0v) is 19.0. The molecule has 1 N–H and O–H groups in total. The van der Waals surface area contributed by atoms with Crippen LogP contribution in [-0.2, 0) is 9.59 Å². The summed E-state index contributed by atoms with van der Waals surface area (Å²) < 4.78 is 14.7. The average molecular weight is 446 g/mol. The molecule has 2 atom stereocenters. The standard InChI is InChI=1S/C24H32FN3O2S/c1-17(29)31-22-9-13-28(16-19(22)8-12-27-14-10-26-11-15-27)23(24(30)18-6-7-18)20-4-2-3-5-21(20)25/h2-5,8,18,22-23,26H,6-7,9-16H2,1H3/b19-8-. The molecule has 1 aliphatic carbocycles. The number of hydrogen-bond acceptors (Lipinski definition) is 6. The number of thioether (sulfide) groups is 1. The minimum atomic E-state index is -0.542. The van der Waals surface area contributed by atoms with Gasteiger partial charge in [0.2, 0.25) is 0 Å². The van der Waals surface area contributed by atoms with Gasteiger partial charge in [-0.1, -0.05) is 36.0 Å². The summed E-state index contributed by atoms with van der Waals surface area (Å²) in [6, 6.07) is 6.14. The van der Waals surface area contributed by atoms with Crippen LogP contribution in [0.15, 0.2) is 35.9 Å². The highest BCUT2D eigenvalue weighted by molar-refractivity contribution is 8.14. The first-order chi connectivity index (χ1) is 15.0. The molecule has 0 bridgehead atoms. The van der Waals surface area contributed by atoms with Crippen LogP contribution in [0.4, 0.5) is 4.39 Å². The van der Waals surface area contributed by atoms with Crippen molar-refractivity contribution < 1.29 is 14.0 Å². The maximum atomic E-state index is 14.7.